The van der Waals surface area contributed by atoms with Crippen LogP contribution in [0.25, 0.3) is 0 Å². The average Bonchev–Trinajstić information content (AvgIpc) is 3.46. The zero-order chi connectivity index (χ0) is 27.4. The molecule has 0 bridgehead atoms. The first-order valence-electron chi connectivity index (χ1n) is 13.1. The van der Waals surface area contributed by atoms with Crippen LogP contribution in [0.15, 0.2) is 84.0 Å². The van der Waals surface area contributed by atoms with Gasteiger partial charge in [0.2, 0.25) is 5.91 Å². The van der Waals surface area contributed by atoms with Crippen LogP contribution in [0.2, 0.25) is 0 Å². The third-order valence-electron chi connectivity index (χ3n) is 7.44. The number of allylic oxidation sites excluding steroid dienone is 2. The molecule has 1 aliphatic heterocycles. The molecule has 0 fully saturated rings. The Morgan fingerprint density at radius 2 is 1.79 bits per heavy atom. The average molecular weight is 540 g/mol. The molecule has 0 saturated heterocycles. The number of hydrazone groups is 1. The van der Waals surface area contributed by atoms with Crippen molar-refractivity contribution >= 4 is 35.0 Å². The lowest BCUT2D eigenvalue weighted by atomic mass is 9.76. The van der Waals surface area contributed by atoms with Gasteiger partial charge in [0.25, 0.3) is 0 Å². The van der Waals surface area contributed by atoms with E-state index in [4.69, 9.17) is 4.74 Å². The van der Waals surface area contributed by atoms with Crippen molar-refractivity contribution in [3.8, 4) is 0 Å². The van der Waals surface area contributed by atoms with Gasteiger partial charge in [-0.1, -0.05) is 60.2 Å². The Morgan fingerprint density at radius 1 is 1.05 bits per heavy atom. The lowest BCUT2D eigenvalue weighted by Gasteiger charge is -2.37. The van der Waals surface area contributed by atoms with Gasteiger partial charge in [0.15, 0.2) is 0 Å². The van der Waals surface area contributed by atoms with Crippen molar-refractivity contribution in [3.63, 3.8) is 0 Å². The molecule has 2 aliphatic rings. The number of hydrogen-bond acceptors (Lipinski definition) is 6. The van der Waals surface area contributed by atoms with E-state index >= 15 is 0 Å². The van der Waals surface area contributed by atoms with Crippen LogP contribution in [-0.2, 0) is 15.3 Å². The molecular formula is C32H33N3O3S. The highest BCUT2D eigenvalue weighted by Crippen LogP contribution is 2.50. The molecule has 5 rings (SSSR count). The molecule has 7 heteroatoms. The standard InChI is InChI=1S/C32H33N3O3S/c1-20-7-9-22(10-8-20)18-39-19-30(36)35-34-21(2)25-15-16-29-28(17-25)26-5-4-6-27(26)31(33-29)23-11-13-24(14-12-23)32(37)38-3/h4-5,7-17,26-27,31,33H,6,18-19H2,1-3H3,(H,35,36)/b34-21-/t26-,27+,31+/m1/s1. The molecule has 1 aliphatic carbocycles. The Labute approximate surface area is 233 Å². The maximum absolute atomic E-state index is 12.4. The molecular weight excluding hydrogens is 506 g/mol. The predicted molar refractivity (Wildman–Crippen MR) is 158 cm³/mol. The summed E-state index contributed by atoms with van der Waals surface area (Å²) in [4.78, 5) is 24.2. The van der Waals surface area contributed by atoms with E-state index in [1.165, 1.54) is 23.8 Å². The highest BCUT2D eigenvalue weighted by Gasteiger charge is 2.38. The summed E-state index contributed by atoms with van der Waals surface area (Å²) >= 11 is 1.58. The van der Waals surface area contributed by atoms with Crippen LogP contribution in [0.5, 0.6) is 0 Å². The van der Waals surface area contributed by atoms with E-state index in [9.17, 15) is 9.59 Å². The molecule has 200 valence electrons. The highest BCUT2D eigenvalue weighted by molar-refractivity contribution is 7.99. The zero-order valence-corrected chi connectivity index (χ0v) is 23.3. The van der Waals surface area contributed by atoms with Crippen LogP contribution in [0, 0.1) is 12.8 Å². The Kier molecular flexibility index (Phi) is 8.17. The lowest BCUT2D eigenvalue weighted by molar-refractivity contribution is -0.118. The second kappa shape index (κ2) is 11.9. The van der Waals surface area contributed by atoms with Gasteiger partial charge in [-0.3, -0.25) is 4.79 Å². The largest absolute Gasteiger partial charge is 0.465 e. The smallest absolute Gasteiger partial charge is 0.337 e. The van der Waals surface area contributed by atoms with E-state index < -0.39 is 0 Å². The van der Waals surface area contributed by atoms with E-state index in [0.717, 1.165) is 34.7 Å². The SMILES string of the molecule is COC(=O)c1ccc([C@@H]2Nc3ccc(/C(C)=N\NC(=O)CSCc4ccc(C)cc4)cc3[C@@H]3C=CC[C@@H]32)cc1. The molecule has 1 amide bonds. The Balaban J connectivity index is 1.24. The van der Waals surface area contributed by atoms with E-state index in [1.807, 2.05) is 37.3 Å². The van der Waals surface area contributed by atoms with Gasteiger partial charge in [-0.05, 0) is 72.7 Å². The third kappa shape index (κ3) is 6.09. The molecule has 3 atom stereocenters. The van der Waals surface area contributed by atoms with Crippen LogP contribution in [0.3, 0.4) is 0 Å². The van der Waals surface area contributed by atoms with Gasteiger partial charge in [-0.25, -0.2) is 10.2 Å². The normalized spacial score (nSPS) is 19.6. The Bertz CT molecular complexity index is 1410. The summed E-state index contributed by atoms with van der Waals surface area (Å²) in [5.74, 6) is 1.37. The van der Waals surface area contributed by atoms with E-state index in [0.29, 0.717) is 17.2 Å². The number of ether oxygens (including phenoxy) is 1. The van der Waals surface area contributed by atoms with E-state index in [-0.39, 0.29) is 23.8 Å². The van der Waals surface area contributed by atoms with Gasteiger partial charge in [0.05, 0.1) is 30.2 Å². The van der Waals surface area contributed by atoms with E-state index in [1.54, 1.807) is 11.8 Å². The van der Waals surface area contributed by atoms with Crippen molar-refractivity contribution in [2.24, 2.45) is 11.0 Å². The summed E-state index contributed by atoms with van der Waals surface area (Å²) in [5.41, 5.74) is 11.0. The van der Waals surface area contributed by atoms with Crippen LogP contribution >= 0.6 is 11.8 Å². The summed E-state index contributed by atoms with van der Waals surface area (Å²) in [7, 11) is 1.39. The molecule has 0 aromatic heterocycles. The molecule has 0 saturated carbocycles. The molecule has 2 N–H and O–H groups in total. The highest BCUT2D eigenvalue weighted by atomic mass is 32.2. The number of nitrogens with one attached hydrogen (secondary N) is 2. The fraction of sp³-hybridized carbons (Fsp3) is 0.281. The summed E-state index contributed by atoms with van der Waals surface area (Å²) in [5, 5.41) is 8.12. The first-order chi connectivity index (χ1) is 18.9. The van der Waals surface area contributed by atoms with Crippen LogP contribution in [0.1, 0.15) is 63.5 Å². The summed E-state index contributed by atoms with van der Waals surface area (Å²) < 4.78 is 4.84. The molecule has 6 nitrogen and oxygen atoms in total. The fourth-order valence-corrected chi connectivity index (χ4v) is 6.06. The number of anilines is 1. The minimum atomic E-state index is -0.328. The van der Waals surface area contributed by atoms with Gasteiger partial charge in [-0.2, -0.15) is 5.10 Å². The minimum absolute atomic E-state index is 0.106. The predicted octanol–water partition coefficient (Wildman–Crippen LogP) is 6.38. The second-order valence-electron chi connectivity index (χ2n) is 10.1. The van der Waals surface area contributed by atoms with E-state index in [2.05, 4.69) is 71.3 Å². The molecule has 0 radical (unpaired) electrons. The van der Waals surface area contributed by atoms with Crippen LogP contribution < -0.4 is 10.7 Å². The van der Waals surface area contributed by atoms with Crippen molar-refractivity contribution in [2.45, 2.75) is 38.0 Å². The maximum atomic E-state index is 12.4. The number of carbonyl (C=O) groups is 2. The summed E-state index contributed by atoms with van der Waals surface area (Å²) in [6.07, 6.45) is 5.53. The molecule has 0 unspecified atom stereocenters. The fourth-order valence-electron chi connectivity index (χ4n) is 5.28. The minimum Gasteiger partial charge on any atom is -0.465 e. The van der Waals surface area contributed by atoms with Gasteiger partial charge < -0.3 is 10.1 Å². The monoisotopic (exact) mass is 539 g/mol. The molecule has 39 heavy (non-hydrogen) atoms. The third-order valence-corrected chi connectivity index (χ3v) is 8.45. The Hall–Kier alpha value is -3.84. The first kappa shape index (κ1) is 26.8. The number of hydrogen-bond donors (Lipinski definition) is 2. The van der Waals surface area contributed by atoms with Crippen molar-refractivity contribution < 1.29 is 14.3 Å². The van der Waals surface area contributed by atoms with Crippen molar-refractivity contribution in [3.05, 3.63) is 112 Å². The number of thioether (sulfide) groups is 1. The second-order valence-corrected chi connectivity index (χ2v) is 11.1. The summed E-state index contributed by atoms with van der Waals surface area (Å²) in [6, 6.07) is 22.5. The quantitative estimate of drug-likeness (QED) is 0.150. The van der Waals surface area contributed by atoms with Gasteiger partial charge in [-0.15, -0.1) is 11.8 Å². The molecule has 3 aromatic carbocycles. The zero-order valence-electron chi connectivity index (χ0n) is 22.4. The molecule has 3 aromatic rings. The number of carbonyl (C=O) groups excluding carboxylic acids is 2. The van der Waals surface area contributed by atoms with Crippen molar-refractivity contribution in [1.29, 1.82) is 0 Å². The number of amides is 1. The first-order valence-corrected chi connectivity index (χ1v) is 14.3. The number of aryl methyl sites for hydroxylation is 1. The number of rotatable bonds is 8. The summed E-state index contributed by atoms with van der Waals surface area (Å²) in [6.45, 7) is 3.99. The number of fused-ring (bicyclic) bond motifs is 3. The van der Waals surface area contributed by atoms with Crippen molar-refractivity contribution in [2.75, 3.05) is 18.2 Å². The number of nitrogens with zero attached hydrogens (tertiary/aromatic N) is 1. The van der Waals surface area contributed by atoms with Crippen LogP contribution in [-0.4, -0.2) is 30.5 Å². The van der Waals surface area contributed by atoms with Crippen molar-refractivity contribution in [1.82, 2.24) is 5.43 Å². The Morgan fingerprint density at radius 3 is 2.54 bits per heavy atom. The van der Waals surface area contributed by atoms with Crippen LogP contribution in [0.4, 0.5) is 5.69 Å². The molecule has 0 spiro atoms. The number of esters is 1. The maximum Gasteiger partial charge on any atom is 0.337 e. The van der Waals surface area contributed by atoms with Gasteiger partial charge >= 0.3 is 5.97 Å². The topological polar surface area (TPSA) is 79.8 Å². The number of methoxy groups -OCH3 is 1. The molecule has 1 heterocycles. The van der Waals surface area contributed by atoms with Gasteiger partial charge in [0.1, 0.15) is 0 Å². The number of benzene rings is 3. The lowest BCUT2D eigenvalue weighted by Crippen LogP contribution is -2.29. The van der Waals surface area contributed by atoms with Gasteiger partial charge in [0, 0.05) is 17.4 Å².